The van der Waals surface area contributed by atoms with Crippen LogP contribution in [0.3, 0.4) is 0 Å². The molecule has 28 heavy (non-hydrogen) atoms. The molecule has 2 fully saturated rings. The zero-order valence-electron chi connectivity index (χ0n) is 14.9. The molecular formula is C20H19ClFN3O2S. The summed E-state index contributed by atoms with van der Waals surface area (Å²) in [5.74, 6) is 0.0947. The van der Waals surface area contributed by atoms with Crippen LogP contribution in [0.4, 0.5) is 10.1 Å². The maximum Gasteiger partial charge on any atom is 0.208 e. The quantitative estimate of drug-likeness (QED) is 0.707. The van der Waals surface area contributed by atoms with Gasteiger partial charge in [-0.1, -0.05) is 18.2 Å². The molecule has 1 N–H and O–H groups in total. The van der Waals surface area contributed by atoms with Gasteiger partial charge in [0.2, 0.25) is 9.84 Å². The number of aromatic nitrogens is 1. The molecule has 2 aliphatic heterocycles. The number of rotatable bonds is 3. The van der Waals surface area contributed by atoms with Crippen LogP contribution in [0.25, 0.3) is 10.9 Å². The molecule has 146 valence electrons. The van der Waals surface area contributed by atoms with E-state index < -0.39 is 15.7 Å². The lowest BCUT2D eigenvalue weighted by molar-refractivity contribution is 0.297. The Morgan fingerprint density at radius 3 is 2.57 bits per heavy atom. The van der Waals surface area contributed by atoms with Crippen LogP contribution in [-0.4, -0.2) is 39.1 Å². The van der Waals surface area contributed by atoms with Gasteiger partial charge in [0.25, 0.3) is 0 Å². The minimum Gasteiger partial charge on any atom is -0.368 e. The molecule has 0 unspecified atom stereocenters. The first-order chi connectivity index (χ1) is 13.0. The zero-order valence-corrected chi connectivity index (χ0v) is 16.5. The lowest BCUT2D eigenvalue weighted by Gasteiger charge is -2.29. The Morgan fingerprint density at radius 2 is 1.89 bits per heavy atom. The van der Waals surface area contributed by atoms with Crippen molar-refractivity contribution >= 4 is 38.8 Å². The molecule has 8 heteroatoms. The van der Waals surface area contributed by atoms with Crippen LogP contribution in [0.2, 0.25) is 0 Å². The molecule has 0 spiro atoms. The smallest absolute Gasteiger partial charge is 0.208 e. The van der Waals surface area contributed by atoms with E-state index in [0.29, 0.717) is 12.0 Å². The third-order valence-electron chi connectivity index (χ3n) is 5.51. The van der Waals surface area contributed by atoms with E-state index >= 15 is 0 Å². The third kappa shape index (κ3) is 3.03. The molecule has 2 aliphatic rings. The van der Waals surface area contributed by atoms with Crippen molar-refractivity contribution in [2.45, 2.75) is 15.8 Å². The highest BCUT2D eigenvalue weighted by Crippen LogP contribution is 2.33. The second-order valence-corrected chi connectivity index (χ2v) is 9.11. The Bertz CT molecular complexity index is 1140. The summed E-state index contributed by atoms with van der Waals surface area (Å²) in [6.45, 7) is 2.98. The molecule has 2 atom stereocenters. The first kappa shape index (κ1) is 19.1. The third-order valence-corrected chi connectivity index (χ3v) is 7.22. The average Bonchev–Trinajstić information content (AvgIpc) is 2.95. The van der Waals surface area contributed by atoms with E-state index in [1.807, 2.05) is 18.2 Å². The standard InChI is InChI=1S/C20H18FN3O2S.ClH/c21-15-4-2-5-16(8-15)27(25,26)17-7-13-3-1-6-19(20(13)23-10-17)24-11-14-9-22-18(14)12-24;/h1-8,10,14,18,22H,9,11-12H2;1H/t14-,18-;/m1./s1. The first-order valence-electron chi connectivity index (χ1n) is 8.90. The minimum atomic E-state index is -3.82. The molecule has 2 aromatic carbocycles. The molecular weight excluding hydrogens is 401 g/mol. The summed E-state index contributed by atoms with van der Waals surface area (Å²) in [5, 5.41) is 4.20. The van der Waals surface area contributed by atoms with Gasteiger partial charge in [0.15, 0.2) is 0 Å². The fraction of sp³-hybridized carbons (Fsp3) is 0.250. The van der Waals surface area contributed by atoms with Gasteiger partial charge in [-0.2, -0.15) is 0 Å². The summed E-state index contributed by atoms with van der Waals surface area (Å²) in [4.78, 5) is 6.79. The minimum absolute atomic E-state index is 0. The second-order valence-electron chi connectivity index (χ2n) is 7.16. The molecule has 3 heterocycles. The summed E-state index contributed by atoms with van der Waals surface area (Å²) < 4.78 is 39.1. The predicted molar refractivity (Wildman–Crippen MR) is 108 cm³/mol. The van der Waals surface area contributed by atoms with Crippen LogP contribution >= 0.6 is 12.4 Å². The second kappa shape index (κ2) is 6.99. The number of hydrogen-bond donors (Lipinski definition) is 1. The fourth-order valence-corrected chi connectivity index (χ4v) is 5.22. The van der Waals surface area contributed by atoms with Gasteiger partial charge in [-0.25, -0.2) is 12.8 Å². The van der Waals surface area contributed by atoms with Gasteiger partial charge in [0.1, 0.15) is 5.82 Å². The normalized spacial score (nSPS) is 21.1. The first-order valence-corrected chi connectivity index (χ1v) is 10.4. The number of nitrogens with one attached hydrogen (secondary N) is 1. The van der Waals surface area contributed by atoms with E-state index in [9.17, 15) is 12.8 Å². The molecule has 0 saturated carbocycles. The van der Waals surface area contributed by atoms with Gasteiger partial charge in [-0.15, -0.1) is 12.4 Å². The average molecular weight is 420 g/mol. The maximum absolute atomic E-state index is 13.5. The van der Waals surface area contributed by atoms with Crippen molar-refractivity contribution in [1.82, 2.24) is 10.3 Å². The summed E-state index contributed by atoms with van der Waals surface area (Å²) in [5.41, 5.74) is 1.82. The summed E-state index contributed by atoms with van der Waals surface area (Å²) in [6, 6.07) is 13.0. The monoisotopic (exact) mass is 419 g/mol. The number of sulfone groups is 1. The molecule has 0 aliphatic carbocycles. The molecule has 3 aromatic rings. The largest absolute Gasteiger partial charge is 0.368 e. The molecule has 0 radical (unpaired) electrons. The number of fused-ring (bicyclic) bond motifs is 2. The van der Waals surface area contributed by atoms with E-state index in [1.54, 1.807) is 6.07 Å². The van der Waals surface area contributed by atoms with Crippen LogP contribution in [0.1, 0.15) is 0 Å². The number of para-hydroxylation sites is 1. The molecule has 0 amide bonds. The lowest BCUT2D eigenvalue weighted by atomic mass is 9.96. The molecule has 1 aromatic heterocycles. The van der Waals surface area contributed by atoms with Crippen LogP contribution < -0.4 is 10.2 Å². The van der Waals surface area contributed by atoms with Crippen molar-refractivity contribution in [3.63, 3.8) is 0 Å². The Labute approximate surface area is 168 Å². The fourth-order valence-electron chi connectivity index (χ4n) is 3.95. The Morgan fingerprint density at radius 1 is 1.07 bits per heavy atom. The van der Waals surface area contributed by atoms with Gasteiger partial charge in [0.05, 0.1) is 21.0 Å². The molecule has 2 saturated heterocycles. The van der Waals surface area contributed by atoms with Crippen molar-refractivity contribution in [1.29, 1.82) is 0 Å². The van der Waals surface area contributed by atoms with Crippen LogP contribution in [0.5, 0.6) is 0 Å². The number of benzene rings is 2. The highest BCUT2D eigenvalue weighted by atomic mass is 35.5. The maximum atomic E-state index is 13.5. The van der Waals surface area contributed by atoms with Crippen molar-refractivity contribution in [3.05, 3.63) is 60.5 Å². The van der Waals surface area contributed by atoms with E-state index in [-0.39, 0.29) is 22.2 Å². The predicted octanol–water partition coefficient (Wildman–Crippen LogP) is 3.04. The van der Waals surface area contributed by atoms with Crippen molar-refractivity contribution in [3.8, 4) is 0 Å². The number of pyridine rings is 1. The zero-order chi connectivity index (χ0) is 18.6. The number of anilines is 1. The van der Waals surface area contributed by atoms with Gasteiger partial charge in [0, 0.05) is 43.2 Å². The van der Waals surface area contributed by atoms with Gasteiger partial charge in [-0.05, 0) is 30.3 Å². The van der Waals surface area contributed by atoms with Gasteiger partial charge < -0.3 is 10.2 Å². The highest BCUT2D eigenvalue weighted by molar-refractivity contribution is 7.91. The number of hydrogen-bond acceptors (Lipinski definition) is 5. The molecule has 0 bridgehead atoms. The van der Waals surface area contributed by atoms with Gasteiger partial charge >= 0.3 is 0 Å². The van der Waals surface area contributed by atoms with Crippen molar-refractivity contribution < 1.29 is 12.8 Å². The Kier molecular flexibility index (Phi) is 4.77. The SMILES string of the molecule is Cl.O=S(=O)(c1cccc(F)c1)c1cnc2c(N3C[C@H]4CN[C@@H]4C3)cccc2c1. The summed E-state index contributed by atoms with van der Waals surface area (Å²) >= 11 is 0. The summed E-state index contributed by atoms with van der Waals surface area (Å²) in [6.07, 6.45) is 1.37. The van der Waals surface area contributed by atoms with E-state index in [1.165, 1.54) is 24.4 Å². The number of nitrogens with zero attached hydrogens (tertiary/aromatic N) is 2. The lowest BCUT2D eigenvalue weighted by Crippen LogP contribution is -2.51. The van der Waals surface area contributed by atoms with Crippen LogP contribution in [0, 0.1) is 11.7 Å². The van der Waals surface area contributed by atoms with Crippen LogP contribution in [-0.2, 0) is 9.84 Å². The Balaban J connectivity index is 0.00000192. The van der Waals surface area contributed by atoms with Gasteiger partial charge in [-0.3, -0.25) is 4.98 Å². The van der Waals surface area contributed by atoms with E-state index in [0.717, 1.165) is 42.3 Å². The van der Waals surface area contributed by atoms with E-state index in [2.05, 4.69) is 15.2 Å². The number of halogens is 2. The van der Waals surface area contributed by atoms with E-state index in [4.69, 9.17) is 0 Å². The van der Waals surface area contributed by atoms with Crippen LogP contribution in [0.15, 0.2) is 64.5 Å². The van der Waals surface area contributed by atoms with Crippen molar-refractivity contribution in [2.24, 2.45) is 5.92 Å². The molecule has 5 rings (SSSR count). The topological polar surface area (TPSA) is 62.3 Å². The molecule has 5 nitrogen and oxygen atoms in total. The summed E-state index contributed by atoms with van der Waals surface area (Å²) in [7, 11) is -3.82. The Hall–Kier alpha value is -2.22. The van der Waals surface area contributed by atoms with Crippen molar-refractivity contribution in [2.75, 3.05) is 24.5 Å². The highest BCUT2D eigenvalue weighted by Gasteiger charge is 2.39.